The van der Waals surface area contributed by atoms with E-state index in [0.29, 0.717) is 35.5 Å². The van der Waals surface area contributed by atoms with Crippen LogP contribution in [0.3, 0.4) is 0 Å². The van der Waals surface area contributed by atoms with Gasteiger partial charge in [0.2, 0.25) is 11.8 Å². The summed E-state index contributed by atoms with van der Waals surface area (Å²) in [5.41, 5.74) is -1.98. The highest BCUT2D eigenvalue weighted by Gasteiger charge is 2.71. The number of anilines is 1. The van der Waals surface area contributed by atoms with Crippen molar-refractivity contribution in [3.8, 4) is 0 Å². The van der Waals surface area contributed by atoms with Crippen molar-refractivity contribution in [1.82, 2.24) is 10.6 Å². The van der Waals surface area contributed by atoms with E-state index < -0.39 is 34.3 Å². The van der Waals surface area contributed by atoms with Gasteiger partial charge in [0, 0.05) is 28.2 Å². The summed E-state index contributed by atoms with van der Waals surface area (Å²) in [5.74, 6) is -2.24. The van der Waals surface area contributed by atoms with Gasteiger partial charge in [-0.25, -0.2) is 4.39 Å². The highest BCUT2D eigenvalue weighted by Crippen LogP contribution is 2.61. The number of fused-ring (bicyclic) bond motifs is 2. The summed E-state index contributed by atoms with van der Waals surface area (Å²) in [7, 11) is 0. The van der Waals surface area contributed by atoms with E-state index in [2.05, 4.69) is 36.7 Å². The summed E-state index contributed by atoms with van der Waals surface area (Å²) in [5, 5.41) is 20.2. The highest BCUT2D eigenvalue weighted by molar-refractivity contribution is 6.31. The van der Waals surface area contributed by atoms with Gasteiger partial charge in [-0.3, -0.25) is 14.9 Å². The molecule has 204 valence electrons. The zero-order valence-corrected chi connectivity index (χ0v) is 23.7. The molecule has 2 aromatic carbocycles. The first kappa shape index (κ1) is 27.4. The average Bonchev–Trinajstić information content (AvgIpc) is 3.19. The second kappa shape index (κ2) is 8.91. The van der Waals surface area contributed by atoms with Crippen LogP contribution in [0.2, 0.25) is 10.0 Å². The van der Waals surface area contributed by atoms with E-state index in [9.17, 15) is 14.7 Å². The predicted molar refractivity (Wildman–Crippen MR) is 147 cm³/mol. The second-order valence-electron chi connectivity index (χ2n) is 12.9. The number of amides is 2. The van der Waals surface area contributed by atoms with Gasteiger partial charge in [0.1, 0.15) is 11.2 Å². The van der Waals surface area contributed by atoms with Crippen molar-refractivity contribution in [2.45, 2.75) is 88.4 Å². The van der Waals surface area contributed by atoms with Gasteiger partial charge in [0.15, 0.2) is 0 Å². The van der Waals surface area contributed by atoms with Crippen LogP contribution in [0.4, 0.5) is 10.1 Å². The number of benzene rings is 2. The van der Waals surface area contributed by atoms with Crippen molar-refractivity contribution < 1.29 is 19.1 Å². The number of carbonyl (C=O) groups excluding carboxylic acids is 2. The highest BCUT2D eigenvalue weighted by atomic mass is 35.5. The van der Waals surface area contributed by atoms with E-state index in [1.807, 2.05) is 6.92 Å². The molecule has 0 bridgehead atoms. The van der Waals surface area contributed by atoms with Crippen LogP contribution in [0.25, 0.3) is 0 Å². The quantitative estimate of drug-likeness (QED) is 0.407. The Morgan fingerprint density at radius 2 is 1.87 bits per heavy atom. The van der Waals surface area contributed by atoms with Crippen LogP contribution >= 0.6 is 23.2 Å². The predicted octanol–water partition coefficient (Wildman–Crippen LogP) is 5.30. The number of halogens is 3. The molecule has 2 aromatic rings. The van der Waals surface area contributed by atoms with Crippen LogP contribution in [0.15, 0.2) is 36.4 Å². The molecule has 2 heterocycles. The van der Waals surface area contributed by atoms with Gasteiger partial charge in [-0.15, -0.1) is 0 Å². The molecule has 1 spiro atoms. The second-order valence-corrected chi connectivity index (χ2v) is 13.7. The fourth-order valence-corrected chi connectivity index (χ4v) is 7.69. The van der Waals surface area contributed by atoms with Gasteiger partial charge in [0.05, 0.1) is 16.7 Å². The number of aliphatic hydroxyl groups is 1. The molecule has 6 nitrogen and oxygen atoms in total. The summed E-state index contributed by atoms with van der Waals surface area (Å²) in [4.78, 5) is 28.2. The van der Waals surface area contributed by atoms with E-state index in [4.69, 9.17) is 23.2 Å². The Kier molecular flexibility index (Phi) is 6.42. The number of nitrogens with one attached hydrogen (secondary N) is 3. The Labute approximate surface area is 232 Å². The molecule has 5 rings (SSSR count). The number of rotatable bonds is 4. The van der Waals surface area contributed by atoms with Gasteiger partial charge in [0.25, 0.3) is 0 Å². The molecule has 2 amide bonds. The molecule has 4 N–H and O–H groups in total. The maximum absolute atomic E-state index is 15.8. The van der Waals surface area contributed by atoms with Gasteiger partial charge < -0.3 is 15.7 Å². The molecule has 1 saturated heterocycles. The van der Waals surface area contributed by atoms with Gasteiger partial charge in [-0.2, -0.15) is 0 Å². The minimum atomic E-state index is -1.35. The molecule has 2 fully saturated rings. The third-order valence-electron chi connectivity index (χ3n) is 8.36. The number of hydrogen-bond donors (Lipinski definition) is 4. The maximum Gasteiger partial charge on any atom is 0.238 e. The first-order valence-corrected chi connectivity index (χ1v) is 13.7. The summed E-state index contributed by atoms with van der Waals surface area (Å²) >= 11 is 12.6. The molecule has 4 unspecified atom stereocenters. The van der Waals surface area contributed by atoms with Crippen molar-refractivity contribution >= 4 is 40.7 Å². The third-order valence-corrected chi connectivity index (χ3v) is 8.89. The fraction of sp³-hybridized carbons (Fsp3) is 0.517. The number of carbonyl (C=O) groups is 2. The van der Waals surface area contributed by atoms with Gasteiger partial charge in [-0.05, 0) is 67.9 Å². The summed E-state index contributed by atoms with van der Waals surface area (Å²) in [6, 6.07) is 8.75. The average molecular weight is 563 g/mol. The van der Waals surface area contributed by atoms with E-state index >= 15 is 4.39 Å². The Hall–Kier alpha value is -2.19. The van der Waals surface area contributed by atoms with Crippen LogP contribution in [-0.4, -0.2) is 40.1 Å². The van der Waals surface area contributed by atoms with E-state index in [1.165, 1.54) is 6.07 Å². The largest absolute Gasteiger partial charge is 0.390 e. The van der Waals surface area contributed by atoms with Gasteiger partial charge in [-0.1, -0.05) is 62.2 Å². The maximum atomic E-state index is 15.8. The van der Waals surface area contributed by atoms with E-state index in [-0.39, 0.29) is 33.9 Å². The molecular weight excluding hydrogens is 528 g/mol. The lowest BCUT2D eigenvalue weighted by Crippen LogP contribution is -2.59. The molecule has 0 radical (unpaired) electrons. The minimum Gasteiger partial charge on any atom is -0.390 e. The first-order chi connectivity index (χ1) is 17.6. The van der Waals surface area contributed by atoms with Crippen molar-refractivity contribution in [1.29, 1.82) is 0 Å². The Balaban J connectivity index is 1.73. The number of hydrogen-bond acceptors (Lipinski definition) is 4. The van der Waals surface area contributed by atoms with Crippen LogP contribution in [0, 0.1) is 11.2 Å². The lowest BCUT2D eigenvalue weighted by atomic mass is 9.56. The molecule has 0 aromatic heterocycles. The molecule has 38 heavy (non-hydrogen) atoms. The molecule has 2 aliphatic heterocycles. The molecule has 4 atom stereocenters. The van der Waals surface area contributed by atoms with Crippen molar-refractivity contribution in [2.75, 3.05) is 5.32 Å². The Morgan fingerprint density at radius 1 is 1.18 bits per heavy atom. The summed E-state index contributed by atoms with van der Waals surface area (Å²) in [6.07, 6.45) is 1.36. The molecule has 3 aliphatic rings. The minimum absolute atomic E-state index is 0.0778. The Bertz CT molecular complexity index is 1320. The van der Waals surface area contributed by atoms with Crippen molar-refractivity contribution in [3.63, 3.8) is 0 Å². The van der Waals surface area contributed by atoms with Crippen molar-refractivity contribution in [2.24, 2.45) is 5.41 Å². The molecule has 1 aliphatic carbocycles. The van der Waals surface area contributed by atoms with Crippen LogP contribution in [0.5, 0.6) is 0 Å². The SMILES string of the molecule is CC(C)(C)CC1(C)NC(C(=O)NC2CC(C)(O)C2)C(c2cccc(Cl)c2F)C12C(=O)Nc1cc(Cl)ccc12. The standard InChI is InChI=1S/C29H34Cl2FN3O3/c1-26(2,3)14-28(5)29(18-10-9-15(30)11-20(18)34-25(29)37)21(17-7-6-8-19(31)22(17)32)23(35-28)24(36)33-16-12-27(4,38)13-16/h6-11,16,21,23,35,38H,12-14H2,1-5H3,(H,33,36)(H,34,37). The molecule has 1 saturated carbocycles. The lowest BCUT2D eigenvalue weighted by molar-refractivity contribution is -0.127. The van der Waals surface area contributed by atoms with E-state index in [0.717, 1.165) is 0 Å². The summed E-state index contributed by atoms with van der Waals surface area (Å²) in [6.45, 7) is 9.89. The topological polar surface area (TPSA) is 90.5 Å². The van der Waals surface area contributed by atoms with E-state index in [1.54, 1.807) is 37.3 Å². The zero-order chi connectivity index (χ0) is 27.8. The Morgan fingerprint density at radius 3 is 2.50 bits per heavy atom. The first-order valence-electron chi connectivity index (χ1n) is 12.9. The third kappa shape index (κ3) is 4.23. The summed E-state index contributed by atoms with van der Waals surface area (Å²) < 4.78 is 15.8. The fourth-order valence-electron chi connectivity index (χ4n) is 7.33. The molecule has 9 heteroatoms. The van der Waals surface area contributed by atoms with Crippen LogP contribution in [0.1, 0.15) is 70.9 Å². The lowest BCUT2D eigenvalue weighted by Gasteiger charge is -2.45. The monoisotopic (exact) mass is 561 g/mol. The smallest absolute Gasteiger partial charge is 0.238 e. The zero-order valence-electron chi connectivity index (χ0n) is 22.2. The van der Waals surface area contributed by atoms with Gasteiger partial charge >= 0.3 is 0 Å². The van der Waals surface area contributed by atoms with Crippen LogP contribution < -0.4 is 16.0 Å². The normalized spacial score (nSPS) is 34.1. The van der Waals surface area contributed by atoms with Crippen molar-refractivity contribution in [3.05, 3.63) is 63.4 Å². The van der Waals surface area contributed by atoms with Crippen LogP contribution in [-0.2, 0) is 15.0 Å². The molecular formula is C29H34Cl2FN3O3.